The number of nitrogens with zero attached hydrogens (tertiary/aromatic N) is 4. The van der Waals surface area contributed by atoms with Gasteiger partial charge in [0.15, 0.2) is 5.82 Å². The number of anilines is 2. The molecular formula is C20H21ClN6O2. The Morgan fingerprint density at radius 2 is 2.24 bits per heavy atom. The summed E-state index contributed by atoms with van der Waals surface area (Å²) in [5.41, 5.74) is 2.43. The number of ether oxygens (including phenoxy) is 1. The number of amides is 1. The molecule has 2 N–H and O–H groups in total. The summed E-state index contributed by atoms with van der Waals surface area (Å²) >= 11 is 6.25. The van der Waals surface area contributed by atoms with Crippen LogP contribution in [0.15, 0.2) is 55.5 Å². The number of carbonyl (C=O) groups is 1. The highest BCUT2D eigenvalue weighted by atomic mass is 35.5. The monoisotopic (exact) mass is 412 g/mol. The summed E-state index contributed by atoms with van der Waals surface area (Å²) in [6.45, 7) is 5.14. The van der Waals surface area contributed by atoms with E-state index in [0.29, 0.717) is 42.0 Å². The Labute approximate surface area is 173 Å². The van der Waals surface area contributed by atoms with E-state index in [1.807, 2.05) is 30.5 Å². The van der Waals surface area contributed by atoms with E-state index in [1.165, 1.54) is 6.08 Å². The van der Waals surface area contributed by atoms with Gasteiger partial charge in [0, 0.05) is 25.5 Å². The summed E-state index contributed by atoms with van der Waals surface area (Å²) in [6.07, 6.45) is 6.34. The molecule has 3 aromatic rings. The molecule has 0 aliphatic heterocycles. The summed E-state index contributed by atoms with van der Waals surface area (Å²) in [5, 5.41) is 10.6. The number of carbonyl (C=O) groups excluding carboxylic acids is 1. The van der Waals surface area contributed by atoms with Gasteiger partial charge in [0.2, 0.25) is 5.91 Å². The smallest absolute Gasteiger partial charge is 0.247 e. The van der Waals surface area contributed by atoms with Gasteiger partial charge in [-0.05, 0) is 23.8 Å². The lowest BCUT2D eigenvalue weighted by molar-refractivity contribution is -0.111. The minimum atomic E-state index is -0.260. The van der Waals surface area contributed by atoms with E-state index in [1.54, 1.807) is 24.2 Å². The van der Waals surface area contributed by atoms with Crippen LogP contribution in [0, 0.1) is 0 Å². The zero-order chi connectivity index (χ0) is 20.6. The van der Waals surface area contributed by atoms with Gasteiger partial charge in [-0.2, -0.15) is 5.10 Å². The summed E-state index contributed by atoms with van der Waals surface area (Å²) in [6, 6.07) is 7.47. The molecule has 2 aromatic heterocycles. The van der Waals surface area contributed by atoms with Crippen molar-refractivity contribution in [1.82, 2.24) is 19.7 Å². The van der Waals surface area contributed by atoms with Crippen molar-refractivity contribution in [2.75, 3.05) is 24.4 Å². The minimum absolute atomic E-state index is 0.260. The summed E-state index contributed by atoms with van der Waals surface area (Å²) in [4.78, 5) is 20.3. The molecule has 1 aromatic carbocycles. The third kappa shape index (κ3) is 5.63. The molecular weight excluding hydrogens is 392 g/mol. The van der Waals surface area contributed by atoms with Crippen LogP contribution in [0.5, 0.6) is 0 Å². The number of halogens is 1. The maximum Gasteiger partial charge on any atom is 0.247 e. The van der Waals surface area contributed by atoms with Crippen molar-refractivity contribution >= 4 is 29.0 Å². The molecule has 1 amide bonds. The average molecular weight is 413 g/mol. The SMILES string of the molecule is C=CC(=O)Nc1cccc(CNc2nc(-c3cnn(CCOC)c3)ncc2Cl)c1. The first-order valence-electron chi connectivity index (χ1n) is 8.89. The molecule has 0 fully saturated rings. The van der Waals surface area contributed by atoms with E-state index in [9.17, 15) is 4.79 Å². The number of benzene rings is 1. The molecule has 3 rings (SSSR count). The molecule has 0 unspecified atom stereocenters. The molecule has 0 saturated heterocycles. The fourth-order valence-electron chi connectivity index (χ4n) is 2.55. The lowest BCUT2D eigenvalue weighted by Gasteiger charge is -2.10. The second-order valence-corrected chi connectivity index (χ2v) is 6.53. The van der Waals surface area contributed by atoms with Crippen LogP contribution in [0.25, 0.3) is 11.4 Å². The molecule has 0 atom stereocenters. The largest absolute Gasteiger partial charge is 0.383 e. The van der Waals surface area contributed by atoms with Crippen molar-refractivity contribution in [3.8, 4) is 11.4 Å². The van der Waals surface area contributed by atoms with Gasteiger partial charge in [-0.15, -0.1) is 0 Å². The van der Waals surface area contributed by atoms with E-state index >= 15 is 0 Å². The molecule has 0 spiro atoms. The normalized spacial score (nSPS) is 10.6. The maximum absolute atomic E-state index is 11.5. The Kier molecular flexibility index (Phi) is 6.94. The number of methoxy groups -OCH3 is 1. The standard InChI is InChI=1S/C20H21ClN6O2/c1-3-18(28)25-16-6-4-5-14(9-16)10-22-20-17(21)12-23-19(26-20)15-11-24-27(13-15)7-8-29-2/h3-6,9,11-13H,1,7-8,10H2,2H3,(H,25,28)(H,22,23,26). The quantitative estimate of drug-likeness (QED) is 0.523. The Balaban J connectivity index is 1.71. The molecule has 29 heavy (non-hydrogen) atoms. The van der Waals surface area contributed by atoms with Crippen LogP contribution in [-0.4, -0.2) is 39.4 Å². The van der Waals surface area contributed by atoms with Gasteiger partial charge in [0.05, 0.1) is 31.1 Å². The second-order valence-electron chi connectivity index (χ2n) is 6.12. The third-order valence-electron chi connectivity index (χ3n) is 4.00. The van der Waals surface area contributed by atoms with Gasteiger partial charge >= 0.3 is 0 Å². The number of nitrogens with one attached hydrogen (secondary N) is 2. The molecule has 0 radical (unpaired) electrons. The zero-order valence-corrected chi connectivity index (χ0v) is 16.7. The molecule has 0 saturated carbocycles. The summed E-state index contributed by atoms with van der Waals surface area (Å²) in [5.74, 6) is 0.777. The molecule has 0 aliphatic carbocycles. The number of aromatic nitrogens is 4. The predicted octanol–water partition coefficient (Wildman–Crippen LogP) is 3.38. The van der Waals surface area contributed by atoms with Crippen molar-refractivity contribution < 1.29 is 9.53 Å². The maximum atomic E-state index is 11.5. The first-order chi connectivity index (χ1) is 14.1. The highest BCUT2D eigenvalue weighted by Crippen LogP contribution is 2.23. The van der Waals surface area contributed by atoms with Crippen LogP contribution in [-0.2, 0) is 22.6 Å². The fourth-order valence-corrected chi connectivity index (χ4v) is 2.71. The van der Waals surface area contributed by atoms with Gasteiger partial charge in [-0.25, -0.2) is 9.97 Å². The molecule has 150 valence electrons. The van der Waals surface area contributed by atoms with Crippen LogP contribution in [0.3, 0.4) is 0 Å². The highest BCUT2D eigenvalue weighted by Gasteiger charge is 2.10. The average Bonchev–Trinajstić information content (AvgIpc) is 3.21. The predicted molar refractivity (Wildman–Crippen MR) is 113 cm³/mol. The number of rotatable bonds is 9. The molecule has 0 aliphatic rings. The van der Waals surface area contributed by atoms with E-state index in [0.717, 1.165) is 11.1 Å². The lowest BCUT2D eigenvalue weighted by atomic mass is 10.2. The zero-order valence-electron chi connectivity index (χ0n) is 15.9. The van der Waals surface area contributed by atoms with Crippen molar-refractivity contribution in [2.24, 2.45) is 0 Å². The second kappa shape index (κ2) is 9.81. The first kappa shape index (κ1) is 20.5. The van der Waals surface area contributed by atoms with Crippen LogP contribution in [0.2, 0.25) is 5.02 Å². The van der Waals surface area contributed by atoms with E-state index in [-0.39, 0.29) is 5.91 Å². The topological polar surface area (TPSA) is 94.0 Å². The highest BCUT2D eigenvalue weighted by molar-refractivity contribution is 6.32. The fraction of sp³-hybridized carbons (Fsp3) is 0.200. The Bertz CT molecular complexity index is 1000. The Morgan fingerprint density at radius 1 is 1.38 bits per heavy atom. The number of hydrogen-bond donors (Lipinski definition) is 2. The van der Waals surface area contributed by atoms with E-state index in [4.69, 9.17) is 16.3 Å². The molecule has 2 heterocycles. The van der Waals surface area contributed by atoms with Gasteiger partial charge in [0.25, 0.3) is 0 Å². The van der Waals surface area contributed by atoms with E-state index in [2.05, 4.69) is 32.3 Å². The van der Waals surface area contributed by atoms with Crippen molar-refractivity contribution in [1.29, 1.82) is 0 Å². The van der Waals surface area contributed by atoms with Gasteiger partial charge in [-0.1, -0.05) is 30.3 Å². The summed E-state index contributed by atoms with van der Waals surface area (Å²) in [7, 11) is 1.65. The molecule has 9 heteroatoms. The van der Waals surface area contributed by atoms with Crippen molar-refractivity contribution in [3.63, 3.8) is 0 Å². The van der Waals surface area contributed by atoms with Crippen LogP contribution in [0.4, 0.5) is 11.5 Å². The van der Waals surface area contributed by atoms with Crippen molar-refractivity contribution in [2.45, 2.75) is 13.1 Å². The van der Waals surface area contributed by atoms with Gasteiger partial charge in [0.1, 0.15) is 10.8 Å². The van der Waals surface area contributed by atoms with Crippen LogP contribution >= 0.6 is 11.6 Å². The van der Waals surface area contributed by atoms with Crippen molar-refractivity contribution in [3.05, 3.63) is 66.1 Å². The summed E-state index contributed by atoms with van der Waals surface area (Å²) < 4.78 is 6.83. The third-order valence-corrected chi connectivity index (χ3v) is 4.28. The Hall–Kier alpha value is -3.23. The minimum Gasteiger partial charge on any atom is -0.383 e. The van der Waals surface area contributed by atoms with Gasteiger partial charge in [-0.3, -0.25) is 9.48 Å². The van der Waals surface area contributed by atoms with Gasteiger partial charge < -0.3 is 15.4 Å². The van der Waals surface area contributed by atoms with E-state index < -0.39 is 0 Å². The Morgan fingerprint density at radius 3 is 3.03 bits per heavy atom. The molecule has 0 bridgehead atoms. The first-order valence-corrected chi connectivity index (χ1v) is 9.27. The number of hydrogen-bond acceptors (Lipinski definition) is 6. The van der Waals surface area contributed by atoms with Crippen LogP contribution < -0.4 is 10.6 Å². The van der Waals surface area contributed by atoms with Crippen LogP contribution in [0.1, 0.15) is 5.56 Å². The molecule has 8 nitrogen and oxygen atoms in total. The lowest BCUT2D eigenvalue weighted by Crippen LogP contribution is -2.08.